The fraction of sp³-hybridized carbons (Fsp3) is 0.200. The Morgan fingerprint density at radius 2 is 2.00 bits per heavy atom. The summed E-state index contributed by atoms with van der Waals surface area (Å²) in [7, 11) is 0. The van der Waals surface area contributed by atoms with Crippen LogP contribution in [0.5, 0.6) is 0 Å². The van der Waals surface area contributed by atoms with Crippen molar-refractivity contribution in [3.05, 3.63) is 38.3 Å². The third-order valence-electron chi connectivity index (χ3n) is 2.03. The Hall–Kier alpha value is -1.76. The quantitative estimate of drug-likeness (QED) is 0.511. The number of aliphatic carboxylic acids is 1. The van der Waals surface area contributed by atoms with Crippen LogP contribution in [-0.4, -0.2) is 21.8 Å². The van der Waals surface area contributed by atoms with Crippen molar-refractivity contribution < 1.29 is 19.6 Å². The molecule has 0 unspecified atom stereocenters. The molecule has 90 valence electrons. The van der Waals surface area contributed by atoms with Gasteiger partial charge in [0.15, 0.2) is 5.78 Å². The summed E-state index contributed by atoms with van der Waals surface area (Å²) in [6.07, 6.45) is -0.461. The van der Waals surface area contributed by atoms with Crippen LogP contribution in [0, 0.1) is 10.1 Å². The van der Waals surface area contributed by atoms with E-state index in [2.05, 4.69) is 15.9 Å². The molecule has 1 rings (SSSR count). The molecule has 0 aromatic heterocycles. The van der Waals surface area contributed by atoms with Crippen molar-refractivity contribution >= 4 is 33.4 Å². The molecule has 0 amide bonds. The van der Waals surface area contributed by atoms with Gasteiger partial charge in [-0.25, -0.2) is 0 Å². The third kappa shape index (κ3) is 3.63. The first-order chi connectivity index (χ1) is 7.91. The standard InChI is InChI=1S/C10H8BrNO5/c11-7-2-1-6(5-8(7)12(16)17)9(13)3-4-10(14)15/h1-2,5H,3-4H2,(H,14,15). The third-order valence-corrected chi connectivity index (χ3v) is 2.70. The van der Waals surface area contributed by atoms with E-state index < -0.39 is 16.7 Å². The Bertz CT molecular complexity index is 486. The number of nitro groups is 1. The Kier molecular flexibility index (Phi) is 4.33. The SMILES string of the molecule is O=C(O)CCC(=O)c1ccc(Br)c([N+](=O)[O-])c1. The minimum atomic E-state index is -1.08. The molecule has 6 nitrogen and oxygen atoms in total. The Balaban J connectivity index is 2.92. The molecule has 0 radical (unpaired) electrons. The predicted octanol–water partition coefficient (Wildman–Crippen LogP) is 2.40. The van der Waals surface area contributed by atoms with E-state index in [1.54, 1.807) is 0 Å². The summed E-state index contributed by atoms with van der Waals surface area (Å²) < 4.78 is 0.275. The van der Waals surface area contributed by atoms with Crippen molar-refractivity contribution in [2.75, 3.05) is 0 Å². The first kappa shape index (κ1) is 13.3. The van der Waals surface area contributed by atoms with Crippen molar-refractivity contribution in [2.45, 2.75) is 12.8 Å². The Labute approximate surface area is 105 Å². The van der Waals surface area contributed by atoms with Crippen LogP contribution in [0.3, 0.4) is 0 Å². The van der Waals surface area contributed by atoms with Crippen molar-refractivity contribution in [1.29, 1.82) is 0 Å². The molecular weight excluding hydrogens is 294 g/mol. The highest BCUT2D eigenvalue weighted by Crippen LogP contribution is 2.26. The number of nitro benzene ring substituents is 1. The van der Waals surface area contributed by atoms with E-state index in [0.717, 1.165) is 6.07 Å². The number of Topliss-reactive ketones (excluding diaryl/α,β-unsaturated/α-hetero) is 1. The topological polar surface area (TPSA) is 97.5 Å². The van der Waals surface area contributed by atoms with Gasteiger partial charge in [-0.05, 0) is 28.1 Å². The van der Waals surface area contributed by atoms with E-state index in [0.29, 0.717) is 0 Å². The average Bonchev–Trinajstić information content (AvgIpc) is 2.26. The largest absolute Gasteiger partial charge is 0.481 e. The summed E-state index contributed by atoms with van der Waals surface area (Å²) in [5.74, 6) is -1.51. The van der Waals surface area contributed by atoms with Crippen molar-refractivity contribution in [3.63, 3.8) is 0 Å². The lowest BCUT2D eigenvalue weighted by molar-refractivity contribution is -0.385. The average molecular weight is 302 g/mol. The van der Waals surface area contributed by atoms with Gasteiger partial charge in [0.1, 0.15) is 0 Å². The highest BCUT2D eigenvalue weighted by molar-refractivity contribution is 9.10. The Morgan fingerprint density at radius 3 is 2.53 bits per heavy atom. The number of carboxylic acids is 1. The lowest BCUT2D eigenvalue weighted by Crippen LogP contribution is -2.04. The second-order valence-electron chi connectivity index (χ2n) is 3.24. The molecule has 1 N–H and O–H groups in total. The number of rotatable bonds is 5. The van der Waals surface area contributed by atoms with Gasteiger partial charge in [-0.15, -0.1) is 0 Å². The van der Waals surface area contributed by atoms with Gasteiger partial charge in [-0.2, -0.15) is 0 Å². The second-order valence-corrected chi connectivity index (χ2v) is 4.09. The van der Waals surface area contributed by atoms with Crippen molar-refractivity contribution in [3.8, 4) is 0 Å². The summed E-state index contributed by atoms with van der Waals surface area (Å²) in [4.78, 5) is 31.9. The van der Waals surface area contributed by atoms with Gasteiger partial charge >= 0.3 is 5.97 Å². The second kappa shape index (κ2) is 5.53. The van der Waals surface area contributed by atoms with Crippen molar-refractivity contribution in [2.24, 2.45) is 0 Å². The minimum absolute atomic E-state index is 0.140. The molecule has 0 atom stereocenters. The molecule has 0 aliphatic carbocycles. The van der Waals surface area contributed by atoms with Gasteiger partial charge in [-0.3, -0.25) is 19.7 Å². The van der Waals surface area contributed by atoms with E-state index in [9.17, 15) is 19.7 Å². The fourth-order valence-electron chi connectivity index (χ4n) is 1.19. The number of ketones is 1. The highest BCUT2D eigenvalue weighted by atomic mass is 79.9. The summed E-state index contributed by atoms with van der Waals surface area (Å²) in [6.45, 7) is 0. The molecule has 0 spiro atoms. The molecule has 0 heterocycles. The molecule has 7 heteroatoms. The number of hydrogen-bond acceptors (Lipinski definition) is 4. The van der Waals surface area contributed by atoms with Crippen LogP contribution in [0.15, 0.2) is 22.7 Å². The fourth-order valence-corrected chi connectivity index (χ4v) is 1.58. The molecule has 0 bridgehead atoms. The first-order valence-electron chi connectivity index (χ1n) is 4.60. The molecule has 0 fully saturated rings. The molecule has 17 heavy (non-hydrogen) atoms. The number of carbonyl (C=O) groups is 2. The van der Waals surface area contributed by atoms with E-state index in [-0.39, 0.29) is 28.6 Å². The zero-order valence-electron chi connectivity index (χ0n) is 8.55. The smallest absolute Gasteiger partial charge is 0.303 e. The van der Waals surface area contributed by atoms with E-state index in [1.165, 1.54) is 12.1 Å². The van der Waals surface area contributed by atoms with Gasteiger partial charge < -0.3 is 5.11 Å². The normalized spacial score (nSPS) is 9.94. The van der Waals surface area contributed by atoms with Gasteiger partial charge in [-0.1, -0.05) is 0 Å². The molecule has 0 saturated heterocycles. The maximum atomic E-state index is 11.5. The summed E-state index contributed by atoms with van der Waals surface area (Å²) in [5, 5.41) is 19.1. The molecule has 0 aliphatic rings. The van der Waals surface area contributed by atoms with E-state index in [4.69, 9.17) is 5.11 Å². The minimum Gasteiger partial charge on any atom is -0.481 e. The number of nitrogens with zero attached hydrogens (tertiary/aromatic N) is 1. The van der Waals surface area contributed by atoms with Gasteiger partial charge in [0.05, 0.1) is 15.8 Å². The first-order valence-corrected chi connectivity index (χ1v) is 5.40. The zero-order valence-corrected chi connectivity index (χ0v) is 10.1. The van der Waals surface area contributed by atoms with Crippen LogP contribution >= 0.6 is 15.9 Å². The molecule has 0 saturated carbocycles. The predicted molar refractivity (Wildman–Crippen MR) is 62.0 cm³/mol. The summed E-state index contributed by atoms with van der Waals surface area (Å²) in [6, 6.07) is 3.95. The molecule has 0 aliphatic heterocycles. The number of benzene rings is 1. The number of halogens is 1. The van der Waals surface area contributed by atoms with Crippen molar-refractivity contribution in [1.82, 2.24) is 0 Å². The van der Waals surface area contributed by atoms with E-state index >= 15 is 0 Å². The highest BCUT2D eigenvalue weighted by Gasteiger charge is 2.16. The maximum absolute atomic E-state index is 11.5. The van der Waals surface area contributed by atoms with Gasteiger partial charge in [0.2, 0.25) is 0 Å². The number of carboxylic acid groups (broad SMARTS) is 1. The van der Waals surface area contributed by atoms with E-state index in [1.807, 2.05) is 0 Å². The van der Waals surface area contributed by atoms with Crippen LogP contribution in [-0.2, 0) is 4.79 Å². The number of hydrogen-bond donors (Lipinski definition) is 1. The molecule has 1 aromatic carbocycles. The molecular formula is C10H8BrNO5. The van der Waals surface area contributed by atoms with Crippen LogP contribution in [0.2, 0.25) is 0 Å². The lowest BCUT2D eigenvalue weighted by atomic mass is 10.1. The monoisotopic (exact) mass is 301 g/mol. The summed E-state index contributed by atoms with van der Waals surface area (Å²) >= 11 is 3.00. The maximum Gasteiger partial charge on any atom is 0.303 e. The van der Waals surface area contributed by atoms with Gasteiger partial charge in [0, 0.05) is 18.1 Å². The van der Waals surface area contributed by atoms with Gasteiger partial charge in [0.25, 0.3) is 5.69 Å². The van der Waals surface area contributed by atoms with Crippen LogP contribution in [0.4, 0.5) is 5.69 Å². The lowest BCUT2D eigenvalue weighted by Gasteiger charge is -2.00. The number of carbonyl (C=O) groups excluding carboxylic acids is 1. The Morgan fingerprint density at radius 1 is 1.35 bits per heavy atom. The van der Waals surface area contributed by atoms with Crippen LogP contribution in [0.25, 0.3) is 0 Å². The summed E-state index contributed by atoms with van der Waals surface area (Å²) in [5.41, 5.74) is -0.0766. The van der Waals surface area contributed by atoms with Crippen LogP contribution in [0.1, 0.15) is 23.2 Å². The molecule has 1 aromatic rings. The zero-order chi connectivity index (χ0) is 13.0. The van der Waals surface area contributed by atoms with Crippen LogP contribution < -0.4 is 0 Å².